The standard InChI is InChI=1S/C22H26ClFN2O2/c1-15(17-6-3-4-9-21(17)28-2)25-22(27)16-10-12-26(13-11-16)14-18-19(23)7-5-8-20(18)24/h3-9,15-16H,10-14H2,1-2H3,(H,25,27)/t15-/m1/s1. The summed E-state index contributed by atoms with van der Waals surface area (Å²) in [6.45, 7) is 3.92. The Labute approximate surface area is 170 Å². The number of likely N-dealkylation sites (tertiary alicyclic amines) is 1. The van der Waals surface area contributed by atoms with E-state index in [1.807, 2.05) is 31.2 Å². The molecule has 0 bridgehead atoms. The minimum atomic E-state index is -0.280. The summed E-state index contributed by atoms with van der Waals surface area (Å²) in [6.07, 6.45) is 1.49. The van der Waals surface area contributed by atoms with Crippen LogP contribution in [0.15, 0.2) is 42.5 Å². The van der Waals surface area contributed by atoms with Crippen LogP contribution < -0.4 is 10.1 Å². The molecule has 2 aromatic carbocycles. The molecule has 1 atom stereocenters. The van der Waals surface area contributed by atoms with Gasteiger partial charge in [0.15, 0.2) is 0 Å². The Bertz CT molecular complexity index is 802. The van der Waals surface area contributed by atoms with Gasteiger partial charge in [-0.05, 0) is 51.1 Å². The number of hydrogen-bond acceptors (Lipinski definition) is 3. The summed E-state index contributed by atoms with van der Waals surface area (Å²) in [6, 6.07) is 12.3. The molecule has 3 rings (SSSR count). The summed E-state index contributed by atoms with van der Waals surface area (Å²) in [5.41, 5.74) is 1.49. The SMILES string of the molecule is COc1ccccc1[C@@H](C)NC(=O)C1CCN(Cc2c(F)cccc2Cl)CC1. The van der Waals surface area contributed by atoms with Gasteiger partial charge in [0.1, 0.15) is 11.6 Å². The zero-order valence-electron chi connectivity index (χ0n) is 16.3. The number of rotatable bonds is 6. The Morgan fingerprint density at radius 3 is 2.64 bits per heavy atom. The number of para-hydroxylation sites is 1. The van der Waals surface area contributed by atoms with Gasteiger partial charge in [-0.3, -0.25) is 9.69 Å². The second-order valence-corrected chi connectivity index (χ2v) is 7.63. The molecule has 0 unspecified atom stereocenters. The van der Waals surface area contributed by atoms with Crippen molar-refractivity contribution in [2.75, 3.05) is 20.2 Å². The van der Waals surface area contributed by atoms with Crippen molar-refractivity contribution in [3.05, 3.63) is 64.4 Å². The number of hydrogen-bond donors (Lipinski definition) is 1. The third-order valence-corrected chi connectivity index (χ3v) is 5.72. The van der Waals surface area contributed by atoms with Crippen LogP contribution in [0.3, 0.4) is 0 Å². The van der Waals surface area contributed by atoms with Crippen molar-refractivity contribution < 1.29 is 13.9 Å². The van der Waals surface area contributed by atoms with Crippen LogP contribution in [-0.2, 0) is 11.3 Å². The van der Waals surface area contributed by atoms with E-state index in [2.05, 4.69) is 10.2 Å². The lowest BCUT2D eigenvalue weighted by molar-refractivity contribution is -0.127. The highest BCUT2D eigenvalue weighted by Gasteiger charge is 2.27. The van der Waals surface area contributed by atoms with Crippen molar-refractivity contribution in [3.63, 3.8) is 0 Å². The van der Waals surface area contributed by atoms with Crippen LogP contribution in [0.2, 0.25) is 5.02 Å². The van der Waals surface area contributed by atoms with Gasteiger partial charge in [-0.25, -0.2) is 4.39 Å². The molecule has 1 saturated heterocycles. The summed E-state index contributed by atoms with van der Waals surface area (Å²) < 4.78 is 19.4. The van der Waals surface area contributed by atoms with Crippen LogP contribution in [-0.4, -0.2) is 31.0 Å². The Morgan fingerprint density at radius 1 is 1.25 bits per heavy atom. The van der Waals surface area contributed by atoms with Gasteiger partial charge in [0.05, 0.1) is 13.2 Å². The Hall–Kier alpha value is -2.11. The van der Waals surface area contributed by atoms with Crippen molar-refractivity contribution in [2.45, 2.75) is 32.4 Å². The van der Waals surface area contributed by atoms with E-state index < -0.39 is 0 Å². The van der Waals surface area contributed by atoms with Crippen LogP contribution in [0.5, 0.6) is 5.75 Å². The van der Waals surface area contributed by atoms with Gasteiger partial charge in [-0.15, -0.1) is 0 Å². The fraction of sp³-hybridized carbons (Fsp3) is 0.409. The van der Waals surface area contributed by atoms with E-state index in [1.165, 1.54) is 6.07 Å². The van der Waals surface area contributed by atoms with Crippen molar-refractivity contribution >= 4 is 17.5 Å². The van der Waals surface area contributed by atoms with E-state index in [9.17, 15) is 9.18 Å². The summed E-state index contributed by atoms with van der Waals surface area (Å²) in [7, 11) is 1.63. The summed E-state index contributed by atoms with van der Waals surface area (Å²) in [5, 5.41) is 3.55. The number of amides is 1. The topological polar surface area (TPSA) is 41.6 Å². The molecule has 1 fully saturated rings. The molecular formula is C22H26ClFN2O2. The molecule has 6 heteroatoms. The first-order chi connectivity index (χ1) is 13.5. The molecule has 1 heterocycles. The number of piperidine rings is 1. The molecule has 1 aliphatic rings. The zero-order chi connectivity index (χ0) is 20.1. The predicted octanol–water partition coefficient (Wildman–Crippen LogP) is 4.58. The maximum atomic E-state index is 14.0. The fourth-order valence-corrected chi connectivity index (χ4v) is 3.92. The van der Waals surface area contributed by atoms with Gasteiger partial charge in [0, 0.05) is 28.6 Å². The lowest BCUT2D eigenvalue weighted by atomic mass is 9.94. The second kappa shape index (κ2) is 9.39. The number of ether oxygens (including phenoxy) is 1. The monoisotopic (exact) mass is 404 g/mol. The highest BCUT2D eigenvalue weighted by molar-refractivity contribution is 6.31. The predicted molar refractivity (Wildman–Crippen MR) is 109 cm³/mol. The lowest BCUT2D eigenvalue weighted by Gasteiger charge is -2.32. The average Bonchev–Trinajstić information content (AvgIpc) is 2.71. The summed E-state index contributed by atoms with van der Waals surface area (Å²) in [5.74, 6) is 0.511. The molecule has 1 amide bonds. The first-order valence-corrected chi connectivity index (χ1v) is 9.96. The van der Waals surface area contributed by atoms with Gasteiger partial charge in [0.25, 0.3) is 0 Å². The molecule has 0 saturated carbocycles. The molecule has 0 radical (unpaired) electrons. The van der Waals surface area contributed by atoms with Crippen LogP contribution in [0.4, 0.5) is 4.39 Å². The molecule has 28 heavy (non-hydrogen) atoms. The Kier molecular flexibility index (Phi) is 6.92. The highest BCUT2D eigenvalue weighted by Crippen LogP contribution is 2.27. The lowest BCUT2D eigenvalue weighted by Crippen LogP contribution is -2.41. The largest absolute Gasteiger partial charge is 0.496 e. The molecule has 0 spiro atoms. The average molecular weight is 405 g/mol. The van der Waals surface area contributed by atoms with Crippen molar-refractivity contribution in [3.8, 4) is 5.75 Å². The van der Waals surface area contributed by atoms with E-state index in [4.69, 9.17) is 16.3 Å². The van der Waals surface area contributed by atoms with Crippen molar-refractivity contribution in [1.82, 2.24) is 10.2 Å². The third kappa shape index (κ3) is 4.83. The van der Waals surface area contributed by atoms with E-state index >= 15 is 0 Å². The maximum Gasteiger partial charge on any atom is 0.223 e. The zero-order valence-corrected chi connectivity index (χ0v) is 17.0. The third-order valence-electron chi connectivity index (χ3n) is 5.37. The molecule has 4 nitrogen and oxygen atoms in total. The molecule has 0 aromatic heterocycles. The van der Waals surface area contributed by atoms with E-state index in [0.29, 0.717) is 17.1 Å². The smallest absolute Gasteiger partial charge is 0.223 e. The summed E-state index contributed by atoms with van der Waals surface area (Å²) >= 11 is 6.13. The molecule has 0 aliphatic carbocycles. The van der Waals surface area contributed by atoms with Gasteiger partial charge < -0.3 is 10.1 Å². The molecule has 150 valence electrons. The number of nitrogens with one attached hydrogen (secondary N) is 1. The molecule has 1 aliphatic heterocycles. The normalized spacial score (nSPS) is 16.6. The van der Waals surface area contributed by atoms with Crippen LogP contribution in [0.1, 0.15) is 36.9 Å². The van der Waals surface area contributed by atoms with Gasteiger partial charge in [0.2, 0.25) is 5.91 Å². The van der Waals surface area contributed by atoms with Gasteiger partial charge >= 0.3 is 0 Å². The summed E-state index contributed by atoms with van der Waals surface area (Å²) in [4.78, 5) is 14.9. The molecule has 1 N–H and O–H groups in total. The minimum Gasteiger partial charge on any atom is -0.496 e. The molecular weight excluding hydrogens is 379 g/mol. The van der Waals surface area contributed by atoms with Crippen molar-refractivity contribution in [1.29, 1.82) is 0 Å². The second-order valence-electron chi connectivity index (χ2n) is 7.22. The first-order valence-electron chi connectivity index (χ1n) is 9.58. The van der Waals surface area contributed by atoms with E-state index in [1.54, 1.807) is 19.2 Å². The maximum absolute atomic E-state index is 14.0. The highest BCUT2D eigenvalue weighted by atomic mass is 35.5. The van der Waals surface area contributed by atoms with Gasteiger partial charge in [-0.1, -0.05) is 35.9 Å². The van der Waals surface area contributed by atoms with Crippen LogP contribution in [0, 0.1) is 11.7 Å². The Balaban J connectivity index is 1.54. The van der Waals surface area contributed by atoms with E-state index in [-0.39, 0.29) is 23.7 Å². The number of methoxy groups -OCH3 is 1. The fourth-order valence-electron chi connectivity index (χ4n) is 3.69. The van der Waals surface area contributed by atoms with Crippen LogP contribution >= 0.6 is 11.6 Å². The first kappa shape index (κ1) is 20.6. The Morgan fingerprint density at radius 2 is 1.96 bits per heavy atom. The number of halogens is 2. The number of benzene rings is 2. The van der Waals surface area contributed by atoms with Crippen molar-refractivity contribution in [2.24, 2.45) is 5.92 Å². The van der Waals surface area contributed by atoms with Gasteiger partial charge in [-0.2, -0.15) is 0 Å². The number of nitrogens with zero attached hydrogens (tertiary/aromatic N) is 1. The van der Waals surface area contributed by atoms with E-state index in [0.717, 1.165) is 37.2 Å². The molecule has 2 aromatic rings. The number of carbonyl (C=O) groups excluding carboxylic acids is 1. The quantitative estimate of drug-likeness (QED) is 0.766. The van der Waals surface area contributed by atoms with Crippen LogP contribution in [0.25, 0.3) is 0 Å². The number of carbonyl (C=O) groups is 1. The minimum absolute atomic E-state index is 0.0375.